The minimum Gasteiger partial charge on any atom is -0.378 e. The van der Waals surface area contributed by atoms with Gasteiger partial charge in [-0.15, -0.1) is 0 Å². The second kappa shape index (κ2) is 5.80. The van der Waals surface area contributed by atoms with Gasteiger partial charge in [0.1, 0.15) is 5.82 Å². The molecule has 1 aromatic carbocycles. The van der Waals surface area contributed by atoms with Crippen LogP contribution in [0.3, 0.4) is 0 Å². The minimum absolute atomic E-state index is 0.222. The zero-order valence-electron chi connectivity index (χ0n) is 9.88. The Labute approximate surface area is 106 Å². The fourth-order valence-electron chi connectivity index (χ4n) is 2.12. The molecule has 0 aromatic heterocycles. The molecule has 2 rings (SSSR count). The molecular formula is C13H17ClFNO. The third kappa shape index (κ3) is 3.41. The van der Waals surface area contributed by atoms with Crippen molar-refractivity contribution in [1.29, 1.82) is 0 Å². The molecule has 2 unspecified atom stereocenters. The molecule has 1 fully saturated rings. The Morgan fingerprint density at radius 1 is 1.53 bits per heavy atom. The number of nitrogens with one attached hydrogen (secondary N) is 1. The molecule has 0 bridgehead atoms. The van der Waals surface area contributed by atoms with Gasteiger partial charge in [-0.05, 0) is 31.4 Å². The first-order chi connectivity index (χ1) is 8.16. The van der Waals surface area contributed by atoms with Crippen molar-refractivity contribution in [2.75, 3.05) is 6.61 Å². The molecule has 0 spiro atoms. The summed E-state index contributed by atoms with van der Waals surface area (Å²) in [6.45, 7) is 3.46. The van der Waals surface area contributed by atoms with Crippen LogP contribution in [-0.2, 0) is 11.3 Å². The van der Waals surface area contributed by atoms with Gasteiger partial charge in [0.05, 0.1) is 11.1 Å². The van der Waals surface area contributed by atoms with Gasteiger partial charge in [0, 0.05) is 19.2 Å². The van der Waals surface area contributed by atoms with Gasteiger partial charge < -0.3 is 10.1 Å². The van der Waals surface area contributed by atoms with Crippen LogP contribution in [-0.4, -0.2) is 18.8 Å². The SMILES string of the molecule is CC1CC(NCc2cccc(F)c2Cl)CCO1. The number of ether oxygens (including phenoxy) is 1. The van der Waals surface area contributed by atoms with Crippen LogP contribution in [0.5, 0.6) is 0 Å². The monoisotopic (exact) mass is 257 g/mol. The second-order valence-corrected chi connectivity index (χ2v) is 4.87. The Hall–Kier alpha value is -0.640. The van der Waals surface area contributed by atoms with E-state index < -0.39 is 0 Å². The van der Waals surface area contributed by atoms with Gasteiger partial charge in [0.2, 0.25) is 0 Å². The van der Waals surface area contributed by atoms with Gasteiger partial charge in [0.15, 0.2) is 0 Å². The van der Waals surface area contributed by atoms with Crippen LogP contribution < -0.4 is 5.32 Å². The molecule has 1 heterocycles. The maximum Gasteiger partial charge on any atom is 0.142 e. The van der Waals surface area contributed by atoms with Crippen molar-refractivity contribution in [2.24, 2.45) is 0 Å². The lowest BCUT2D eigenvalue weighted by Crippen LogP contribution is -2.37. The molecule has 94 valence electrons. The van der Waals surface area contributed by atoms with E-state index in [1.807, 2.05) is 6.07 Å². The Bertz CT molecular complexity index is 386. The highest BCUT2D eigenvalue weighted by Crippen LogP contribution is 2.20. The molecule has 1 N–H and O–H groups in total. The molecule has 4 heteroatoms. The highest BCUT2D eigenvalue weighted by atomic mass is 35.5. The molecule has 2 atom stereocenters. The average molecular weight is 258 g/mol. The quantitative estimate of drug-likeness (QED) is 0.898. The van der Waals surface area contributed by atoms with E-state index in [2.05, 4.69) is 12.2 Å². The molecule has 1 aliphatic heterocycles. The number of hydrogen-bond acceptors (Lipinski definition) is 2. The van der Waals surface area contributed by atoms with Gasteiger partial charge in [-0.1, -0.05) is 23.7 Å². The summed E-state index contributed by atoms with van der Waals surface area (Å²) < 4.78 is 18.7. The Balaban J connectivity index is 1.91. The summed E-state index contributed by atoms with van der Waals surface area (Å²) in [5.41, 5.74) is 0.811. The normalized spacial score (nSPS) is 24.9. The van der Waals surface area contributed by atoms with E-state index >= 15 is 0 Å². The maximum absolute atomic E-state index is 13.2. The zero-order chi connectivity index (χ0) is 12.3. The molecule has 1 aromatic rings. The number of hydrogen-bond donors (Lipinski definition) is 1. The van der Waals surface area contributed by atoms with E-state index in [1.165, 1.54) is 6.07 Å². The molecule has 0 amide bonds. The predicted molar refractivity (Wildman–Crippen MR) is 66.7 cm³/mol. The first-order valence-corrected chi connectivity index (χ1v) is 6.32. The Kier molecular flexibility index (Phi) is 4.37. The third-order valence-electron chi connectivity index (χ3n) is 3.10. The van der Waals surface area contributed by atoms with Crippen molar-refractivity contribution in [1.82, 2.24) is 5.32 Å². The summed E-state index contributed by atoms with van der Waals surface area (Å²) in [4.78, 5) is 0. The highest BCUT2D eigenvalue weighted by molar-refractivity contribution is 6.31. The first-order valence-electron chi connectivity index (χ1n) is 5.94. The van der Waals surface area contributed by atoms with Crippen molar-refractivity contribution in [3.05, 3.63) is 34.6 Å². The average Bonchev–Trinajstić information content (AvgIpc) is 2.31. The van der Waals surface area contributed by atoms with E-state index in [9.17, 15) is 4.39 Å². The van der Waals surface area contributed by atoms with Gasteiger partial charge >= 0.3 is 0 Å². The summed E-state index contributed by atoms with van der Waals surface area (Å²) in [5, 5.41) is 3.63. The van der Waals surface area contributed by atoms with Crippen LogP contribution in [0.15, 0.2) is 18.2 Å². The highest BCUT2D eigenvalue weighted by Gasteiger charge is 2.19. The molecule has 2 nitrogen and oxygen atoms in total. The van der Waals surface area contributed by atoms with Gasteiger partial charge in [-0.2, -0.15) is 0 Å². The lowest BCUT2D eigenvalue weighted by molar-refractivity contribution is 0.0130. The summed E-state index contributed by atoms with van der Waals surface area (Å²) in [5.74, 6) is -0.355. The van der Waals surface area contributed by atoms with Gasteiger partial charge in [-0.3, -0.25) is 0 Å². The van der Waals surface area contributed by atoms with Crippen molar-refractivity contribution < 1.29 is 9.13 Å². The molecule has 1 aliphatic rings. The summed E-state index contributed by atoms with van der Waals surface area (Å²) in [6, 6.07) is 5.34. The molecular weight excluding hydrogens is 241 g/mol. The van der Waals surface area contributed by atoms with Crippen molar-refractivity contribution >= 4 is 11.6 Å². The van der Waals surface area contributed by atoms with Crippen LogP contribution in [0.2, 0.25) is 5.02 Å². The summed E-state index contributed by atoms with van der Waals surface area (Å²) in [6.07, 6.45) is 2.29. The van der Waals surface area contributed by atoms with Crippen LogP contribution >= 0.6 is 11.6 Å². The van der Waals surface area contributed by atoms with Gasteiger partial charge in [-0.25, -0.2) is 4.39 Å². The lowest BCUT2D eigenvalue weighted by Gasteiger charge is -2.28. The largest absolute Gasteiger partial charge is 0.378 e. The molecule has 0 aliphatic carbocycles. The standard InChI is InChI=1S/C13H17ClFNO/c1-9-7-11(5-6-17-9)16-8-10-3-2-4-12(15)13(10)14/h2-4,9,11,16H,5-8H2,1H3. The Morgan fingerprint density at radius 2 is 2.35 bits per heavy atom. The summed E-state index contributed by atoms with van der Waals surface area (Å²) >= 11 is 5.90. The first kappa shape index (κ1) is 12.8. The minimum atomic E-state index is -0.355. The molecule has 1 saturated heterocycles. The van der Waals surface area contributed by atoms with Crippen molar-refractivity contribution in [2.45, 2.75) is 38.5 Å². The fourth-order valence-corrected chi connectivity index (χ4v) is 2.32. The van der Waals surface area contributed by atoms with E-state index in [1.54, 1.807) is 6.07 Å². The van der Waals surface area contributed by atoms with E-state index in [4.69, 9.17) is 16.3 Å². The second-order valence-electron chi connectivity index (χ2n) is 4.50. The van der Waals surface area contributed by atoms with Crippen LogP contribution in [0.4, 0.5) is 4.39 Å². The maximum atomic E-state index is 13.2. The van der Waals surface area contributed by atoms with E-state index in [0.29, 0.717) is 18.7 Å². The van der Waals surface area contributed by atoms with Crippen LogP contribution in [0, 0.1) is 5.82 Å². The third-order valence-corrected chi connectivity index (χ3v) is 3.52. The zero-order valence-corrected chi connectivity index (χ0v) is 10.6. The molecule has 17 heavy (non-hydrogen) atoms. The summed E-state index contributed by atoms with van der Waals surface area (Å²) in [7, 11) is 0. The van der Waals surface area contributed by atoms with E-state index in [-0.39, 0.29) is 10.8 Å². The Morgan fingerprint density at radius 3 is 3.12 bits per heavy atom. The number of benzene rings is 1. The topological polar surface area (TPSA) is 21.3 Å². The van der Waals surface area contributed by atoms with Crippen molar-refractivity contribution in [3.8, 4) is 0 Å². The van der Waals surface area contributed by atoms with E-state index in [0.717, 1.165) is 25.0 Å². The molecule has 0 radical (unpaired) electrons. The predicted octanol–water partition coefficient (Wildman–Crippen LogP) is 3.14. The van der Waals surface area contributed by atoms with Crippen LogP contribution in [0.25, 0.3) is 0 Å². The smallest absolute Gasteiger partial charge is 0.142 e. The van der Waals surface area contributed by atoms with Gasteiger partial charge in [0.25, 0.3) is 0 Å². The lowest BCUT2D eigenvalue weighted by atomic mass is 10.0. The van der Waals surface area contributed by atoms with Crippen LogP contribution in [0.1, 0.15) is 25.3 Å². The number of rotatable bonds is 3. The fraction of sp³-hybridized carbons (Fsp3) is 0.538. The molecule has 0 saturated carbocycles. The van der Waals surface area contributed by atoms with Crippen molar-refractivity contribution in [3.63, 3.8) is 0 Å². The number of halogens is 2.